The molecule has 2 rings (SSSR count). The number of likely N-dealkylation sites (tertiary alicyclic amines) is 1. The highest BCUT2D eigenvalue weighted by Crippen LogP contribution is 2.19. The maximum Gasteiger partial charge on any atom is 0.194 e. The predicted octanol–water partition coefficient (Wildman–Crippen LogP) is 1.93. The van der Waals surface area contributed by atoms with Gasteiger partial charge < -0.3 is 20.1 Å². The third-order valence-corrected chi connectivity index (χ3v) is 3.75. The Morgan fingerprint density at radius 1 is 1.45 bits per heavy atom. The van der Waals surface area contributed by atoms with Crippen molar-refractivity contribution in [2.75, 3.05) is 26.2 Å². The van der Waals surface area contributed by atoms with Crippen molar-refractivity contribution in [1.82, 2.24) is 10.2 Å². The smallest absolute Gasteiger partial charge is 0.194 e. The maximum atomic E-state index is 9.68. The third-order valence-electron chi connectivity index (χ3n) is 3.75. The van der Waals surface area contributed by atoms with Crippen LogP contribution in [0.25, 0.3) is 0 Å². The Balaban J connectivity index is 2.05. The van der Waals surface area contributed by atoms with Gasteiger partial charge in [0.05, 0.1) is 19.3 Å². The summed E-state index contributed by atoms with van der Waals surface area (Å²) in [5.74, 6) is 1.82. The van der Waals surface area contributed by atoms with Gasteiger partial charge in [-0.2, -0.15) is 0 Å². The van der Waals surface area contributed by atoms with Gasteiger partial charge in [-0.25, -0.2) is 4.99 Å². The molecule has 1 fully saturated rings. The van der Waals surface area contributed by atoms with E-state index in [4.69, 9.17) is 9.73 Å². The van der Waals surface area contributed by atoms with E-state index in [1.807, 2.05) is 13.0 Å². The Hall–Kier alpha value is -1.75. The van der Waals surface area contributed by atoms with Gasteiger partial charge in [-0.3, -0.25) is 0 Å². The number of benzene rings is 1. The molecule has 1 aromatic rings. The van der Waals surface area contributed by atoms with Crippen molar-refractivity contribution in [3.63, 3.8) is 0 Å². The summed E-state index contributed by atoms with van der Waals surface area (Å²) >= 11 is 0. The zero-order valence-electron chi connectivity index (χ0n) is 13.8. The Morgan fingerprint density at radius 2 is 2.27 bits per heavy atom. The number of ether oxygens (including phenoxy) is 1. The molecule has 5 nitrogen and oxygen atoms in total. The highest BCUT2D eigenvalue weighted by atomic mass is 16.5. The molecule has 0 bridgehead atoms. The minimum Gasteiger partial charge on any atom is -0.494 e. The molecular formula is C17H27N3O2. The van der Waals surface area contributed by atoms with Crippen molar-refractivity contribution in [1.29, 1.82) is 0 Å². The number of β-amino-alcohol motifs (C(OH)–C–C–N with tert-alkyl or cyclic N) is 1. The molecule has 5 heteroatoms. The first-order valence-corrected chi connectivity index (χ1v) is 8.07. The van der Waals surface area contributed by atoms with Crippen LogP contribution in [0.15, 0.2) is 23.2 Å². The molecular weight excluding hydrogens is 278 g/mol. The van der Waals surface area contributed by atoms with Gasteiger partial charge in [0.25, 0.3) is 0 Å². The van der Waals surface area contributed by atoms with Crippen molar-refractivity contribution < 1.29 is 9.84 Å². The van der Waals surface area contributed by atoms with Crippen LogP contribution in [0, 0.1) is 6.92 Å². The number of aryl methyl sites for hydroxylation is 1. The van der Waals surface area contributed by atoms with Gasteiger partial charge in [-0.05, 0) is 44.4 Å². The summed E-state index contributed by atoms with van der Waals surface area (Å²) in [5.41, 5.74) is 2.30. The third kappa shape index (κ3) is 4.37. The lowest BCUT2D eigenvalue weighted by Gasteiger charge is -2.21. The Kier molecular flexibility index (Phi) is 6.07. The number of hydrogen-bond donors (Lipinski definition) is 2. The van der Waals surface area contributed by atoms with Crippen molar-refractivity contribution in [2.45, 2.75) is 39.8 Å². The number of aliphatic imine (C=N–C) groups is 1. The summed E-state index contributed by atoms with van der Waals surface area (Å²) in [5, 5.41) is 13.0. The summed E-state index contributed by atoms with van der Waals surface area (Å²) in [6.07, 6.45) is 0.573. The number of rotatable bonds is 5. The van der Waals surface area contributed by atoms with Crippen LogP contribution in [0.4, 0.5) is 0 Å². The summed E-state index contributed by atoms with van der Waals surface area (Å²) in [6, 6.07) is 6.19. The van der Waals surface area contributed by atoms with Crippen LogP contribution in [0.2, 0.25) is 0 Å². The summed E-state index contributed by atoms with van der Waals surface area (Å²) < 4.78 is 5.56. The molecule has 1 atom stereocenters. The summed E-state index contributed by atoms with van der Waals surface area (Å²) in [6.45, 7) is 9.76. The molecule has 0 aliphatic carbocycles. The quantitative estimate of drug-likeness (QED) is 0.645. The van der Waals surface area contributed by atoms with Crippen LogP contribution in [0.5, 0.6) is 5.75 Å². The van der Waals surface area contributed by atoms with Crippen molar-refractivity contribution in [3.05, 3.63) is 29.3 Å². The van der Waals surface area contributed by atoms with Crippen LogP contribution in [-0.4, -0.2) is 48.3 Å². The molecule has 0 radical (unpaired) electrons. The minimum atomic E-state index is -0.239. The van der Waals surface area contributed by atoms with Crippen LogP contribution in [-0.2, 0) is 6.54 Å². The van der Waals surface area contributed by atoms with Crippen molar-refractivity contribution >= 4 is 5.96 Å². The van der Waals surface area contributed by atoms with Crippen molar-refractivity contribution in [2.24, 2.45) is 4.99 Å². The zero-order chi connectivity index (χ0) is 15.9. The molecule has 0 unspecified atom stereocenters. The molecule has 0 spiro atoms. The van der Waals surface area contributed by atoms with Crippen molar-refractivity contribution in [3.8, 4) is 5.75 Å². The second-order valence-electron chi connectivity index (χ2n) is 5.59. The fraction of sp³-hybridized carbons (Fsp3) is 0.588. The molecule has 1 saturated heterocycles. The fourth-order valence-electron chi connectivity index (χ4n) is 2.65. The fourth-order valence-corrected chi connectivity index (χ4v) is 2.65. The highest BCUT2D eigenvalue weighted by molar-refractivity contribution is 5.80. The van der Waals surface area contributed by atoms with Gasteiger partial charge >= 0.3 is 0 Å². The van der Waals surface area contributed by atoms with Gasteiger partial charge in [0.15, 0.2) is 5.96 Å². The number of aliphatic hydroxyl groups is 1. The van der Waals surface area contributed by atoms with E-state index in [0.717, 1.165) is 42.3 Å². The van der Waals surface area contributed by atoms with E-state index in [1.165, 1.54) is 0 Å². The van der Waals surface area contributed by atoms with E-state index in [2.05, 4.69) is 36.2 Å². The van der Waals surface area contributed by atoms with Gasteiger partial charge in [0.2, 0.25) is 0 Å². The monoisotopic (exact) mass is 305 g/mol. The average Bonchev–Trinajstić information content (AvgIpc) is 2.92. The molecule has 0 saturated carbocycles. The van der Waals surface area contributed by atoms with Gasteiger partial charge in [0, 0.05) is 19.6 Å². The van der Waals surface area contributed by atoms with E-state index in [0.29, 0.717) is 19.7 Å². The zero-order valence-corrected chi connectivity index (χ0v) is 13.8. The highest BCUT2D eigenvalue weighted by Gasteiger charge is 2.22. The second kappa shape index (κ2) is 8.03. The number of aliphatic hydroxyl groups excluding tert-OH is 1. The molecule has 2 N–H and O–H groups in total. The molecule has 0 amide bonds. The largest absolute Gasteiger partial charge is 0.494 e. The lowest BCUT2D eigenvalue weighted by molar-refractivity contribution is 0.188. The molecule has 1 aliphatic heterocycles. The second-order valence-corrected chi connectivity index (χ2v) is 5.59. The standard InChI is InChI=1S/C17H27N3O2/c1-4-18-17(20-9-8-15(21)12-20)19-11-14-6-7-16(22-5-2)13(3)10-14/h6-7,10,15,21H,4-5,8-9,11-12H2,1-3H3,(H,18,19)/t15-/m1/s1. The van der Waals surface area contributed by atoms with Gasteiger partial charge in [-0.1, -0.05) is 12.1 Å². The summed E-state index contributed by atoms with van der Waals surface area (Å²) in [7, 11) is 0. The number of nitrogens with one attached hydrogen (secondary N) is 1. The minimum absolute atomic E-state index is 0.239. The Morgan fingerprint density at radius 3 is 2.86 bits per heavy atom. The average molecular weight is 305 g/mol. The topological polar surface area (TPSA) is 57.1 Å². The number of nitrogens with zero attached hydrogens (tertiary/aromatic N) is 2. The first-order chi connectivity index (χ1) is 10.6. The summed E-state index contributed by atoms with van der Waals surface area (Å²) in [4.78, 5) is 6.82. The molecule has 0 aromatic heterocycles. The SMILES string of the molecule is CCNC(=NCc1ccc(OCC)c(C)c1)N1CC[C@@H](O)C1. The normalized spacial score (nSPS) is 18.6. The molecule has 122 valence electrons. The maximum absolute atomic E-state index is 9.68. The molecule has 1 aromatic carbocycles. The lowest BCUT2D eigenvalue weighted by Crippen LogP contribution is -2.40. The predicted molar refractivity (Wildman–Crippen MR) is 89.4 cm³/mol. The van der Waals surface area contributed by atoms with Gasteiger partial charge in [0.1, 0.15) is 5.75 Å². The Labute approximate surface area is 133 Å². The number of hydrogen-bond acceptors (Lipinski definition) is 3. The van der Waals surface area contributed by atoms with E-state index < -0.39 is 0 Å². The Bertz CT molecular complexity index is 517. The van der Waals surface area contributed by atoms with Gasteiger partial charge in [-0.15, -0.1) is 0 Å². The molecule has 1 heterocycles. The first kappa shape index (κ1) is 16.6. The van der Waals surface area contributed by atoms with E-state index in [9.17, 15) is 5.11 Å². The molecule has 22 heavy (non-hydrogen) atoms. The van der Waals surface area contributed by atoms with E-state index in [1.54, 1.807) is 0 Å². The van der Waals surface area contributed by atoms with Crippen LogP contribution in [0.1, 0.15) is 31.4 Å². The van der Waals surface area contributed by atoms with E-state index >= 15 is 0 Å². The lowest BCUT2D eigenvalue weighted by atomic mass is 10.1. The van der Waals surface area contributed by atoms with Crippen LogP contribution in [0.3, 0.4) is 0 Å². The van der Waals surface area contributed by atoms with E-state index in [-0.39, 0.29) is 6.10 Å². The molecule has 1 aliphatic rings. The first-order valence-electron chi connectivity index (χ1n) is 8.07. The number of guanidine groups is 1. The van der Waals surface area contributed by atoms with Crippen LogP contribution >= 0.6 is 0 Å². The van der Waals surface area contributed by atoms with Crippen LogP contribution < -0.4 is 10.1 Å².